The standard InChI is InChI=1S/C24H27N3O3/c1-16-10-11-17(2)22-21(16)13-18(23(28)26-22)14-27(15-20-9-6-12-30-20)24(29)25-19-7-4-3-5-8-19/h3-5,7-8,10-11,13,20H,6,9,12,14-15H2,1-2H3,(H,25,29)(H,26,28)/t20-/m1/s1. The number of carbonyl (C=O) groups excluding carboxylic acids is 1. The number of nitrogens with one attached hydrogen (secondary N) is 2. The summed E-state index contributed by atoms with van der Waals surface area (Å²) >= 11 is 0. The molecular weight excluding hydrogens is 378 g/mol. The van der Waals surface area contributed by atoms with Crippen LogP contribution in [0.25, 0.3) is 10.9 Å². The Hall–Kier alpha value is -3.12. The molecule has 2 amide bonds. The predicted octanol–water partition coefficient (Wildman–Crippen LogP) is 4.36. The topological polar surface area (TPSA) is 74.4 Å². The number of aromatic nitrogens is 1. The third kappa shape index (κ3) is 4.39. The average Bonchev–Trinajstić information content (AvgIpc) is 3.25. The third-order valence-corrected chi connectivity index (χ3v) is 5.64. The first kappa shape index (κ1) is 20.2. The highest BCUT2D eigenvalue weighted by molar-refractivity contribution is 5.89. The Morgan fingerprint density at radius 2 is 1.93 bits per heavy atom. The van der Waals surface area contributed by atoms with E-state index in [-0.39, 0.29) is 24.2 Å². The Balaban J connectivity index is 1.63. The number of para-hydroxylation sites is 1. The van der Waals surface area contributed by atoms with E-state index in [2.05, 4.69) is 10.3 Å². The summed E-state index contributed by atoms with van der Waals surface area (Å²) in [4.78, 5) is 30.5. The number of rotatable bonds is 5. The van der Waals surface area contributed by atoms with Gasteiger partial charge in [0.15, 0.2) is 0 Å². The normalized spacial score (nSPS) is 16.0. The van der Waals surface area contributed by atoms with E-state index < -0.39 is 0 Å². The van der Waals surface area contributed by atoms with Gasteiger partial charge in [0.25, 0.3) is 5.56 Å². The molecule has 0 aliphatic carbocycles. The number of amides is 2. The van der Waals surface area contributed by atoms with Crippen LogP contribution in [0.1, 0.15) is 29.5 Å². The van der Waals surface area contributed by atoms with Gasteiger partial charge in [-0.25, -0.2) is 4.79 Å². The van der Waals surface area contributed by atoms with E-state index in [1.54, 1.807) is 4.90 Å². The maximum atomic E-state index is 13.0. The van der Waals surface area contributed by atoms with Crippen molar-refractivity contribution in [2.45, 2.75) is 39.3 Å². The van der Waals surface area contributed by atoms with Gasteiger partial charge in [0.05, 0.1) is 18.2 Å². The van der Waals surface area contributed by atoms with Crippen LogP contribution in [0.15, 0.2) is 53.3 Å². The summed E-state index contributed by atoms with van der Waals surface area (Å²) in [6.07, 6.45) is 1.91. The zero-order valence-corrected chi connectivity index (χ0v) is 17.4. The summed E-state index contributed by atoms with van der Waals surface area (Å²) < 4.78 is 5.75. The Bertz CT molecular complexity index is 1100. The number of carbonyl (C=O) groups is 1. The number of hydrogen-bond donors (Lipinski definition) is 2. The first-order valence-corrected chi connectivity index (χ1v) is 10.4. The third-order valence-electron chi connectivity index (χ3n) is 5.64. The van der Waals surface area contributed by atoms with Gasteiger partial charge in [-0.1, -0.05) is 30.3 Å². The van der Waals surface area contributed by atoms with Gasteiger partial charge >= 0.3 is 6.03 Å². The summed E-state index contributed by atoms with van der Waals surface area (Å²) in [5.41, 5.74) is 4.09. The lowest BCUT2D eigenvalue weighted by molar-refractivity contribution is 0.0818. The highest BCUT2D eigenvalue weighted by Crippen LogP contribution is 2.21. The minimum atomic E-state index is -0.239. The molecule has 4 rings (SSSR count). The van der Waals surface area contributed by atoms with Crippen LogP contribution >= 0.6 is 0 Å². The molecule has 1 aliphatic heterocycles. The van der Waals surface area contributed by atoms with Crippen molar-refractivity contribution < 1.29 is 9.53 Å². The van der Waals surface area contributed by atoms with Crippen LogP contribution in [0.2, 0.25) is 0 Å². The van der Waals surface area contributed by atoms with Gasteiger partial charge in [0.1, 0.15) is 0 Å². The molecule has 2 aromatic carbocycles. The predicted molar refractivity (Wildman–Crippen MR) is 119 cm³/mol. The van der Waals surface area contributed by atoms with Crippen molar-refractivity contribution in [1.29, 1.82) is 0 Å². The quantitative estimate of drug-likeness (QED) is 0.662. The van der Waals surface area contributed by atoms with Crippen molar-refractivity contribution >= 4 is 22.6 Å². The second-order valence-corrected chi connectivity index (χ2v) is 7.92. The number of fused-ring (bicyclic) bond motifs is 1. The van der Waals surface area contributed by atoms with Crippen molar-refractivity contribution in [3.05, 3.63) is 75.6 Å². The molecule has 0 saturated carbocycles. The lowest BCUT2D eigenvalue weighted by Gasteiger charge is -2.26. The molecule has 1 aromatic heterocycles. The van der Waals surface area contributed by atoms with E-state index in [4.69, 9.17) is 4.74 Å². The number of pyridine rings is 1. The van der Waals surface area contributed by atoms with Crippen molar-refractivity contribution in [3.63, 3.8) is 0 Å². The maximum Gasteiger partial charge on any atom is 0.322 e. The molecule has 1 atom stereocenters. The fraction of sp³-hybridized carbons (Fsp3) is 0.333. The molecule has 0 bridgehead atoms. The maximum absolute atomic E-state index is 13.0. The molecule has 30 heavy (non-hydrogen) atoms. The molecule has 156 valence electrons. The summed E-state index contributed by atoms with van der Waals surface area (Å²) in [5.74, 6) is 0. The molecule has 3 aromatic rings. The number of ether oxygens (including phenoxy) is 1. The minimum absolute atomic E-state index is 0.00459. The first-order valence-electron chi connectivity index (χ1n) is 10.4. The monoisotopic (exact) mass is 405 g/mol. The van der Waals surface area contributed by atoms with Crippen molar-refractivity contribution in [3.8, 4) is 0 Å². The van der Waals surface area contributed by atoms with Crippen LogP contribution in [-0.2, 0) is 11.3 Å². The van der Waals surface area contributed by atoms with Crippen LogP contribution in [0.5, 0.6) is 0 Å². The molecular formula is C24H27N3O3. The molecule has 6 heteroatoms. The number of anilines is 1. The Morgan fingerprint density at radius 1 is 1.17 bits per heavy atom. The van der Waals surface area contributed by atoms with Crippen LogP contribution in [0.3, 0.4) is 0 Å². The highest BCUT2D eigenvalue weighted by atomic mass is 16.5. The molecule has 6 nitrogen and oxygen atoms in total. The van der Waals surface area contributed by atoms with Gasteiger partial charge in [-0.15, -0.1) is 0 Å². The van der Waals surface area contributed by atoms with Crippen LogP contribution in [-0.4, -0.2) is 35.2 Å². The number of urea groups is 1. The number of hydrogen-bond acceptors (Lipinski definition) is 3. The number of aryl methyl sites for hydroxylation is 2. The first-order chi connectivity index (χ1) is 14.5. The molecule has 1 saturated heterocycles. The second-order valence-electron chi connectivity index (χ2n) is 7.92. The Labute approximate surface area is 175 Å². The van der Waals surface area contributed by atoms with Crippen molar-refractivity contribution in [1.82, 2.24) is 9.88 Å². The SMILES string of the molecule is Cc1ccc(C)c2[nH]c(=O)c(CN(C[C@H]3CCCO3)C(=O)Nc3ccccc3)cc12. The van der Waals surface area contributed by atoms with Crippen molar-refractivity contribution in [2.75, 3.05) is 18.5 Å². The zero-order chi connectivity index (χ0) is 21.1. The summed E-state index contributed by atoms with van der Waals surface area (Å²) in [6, 6.07) is 15.1. The lowest BCUT2D eigenvalue weighted by atomic mass is 10.0. The minimum Gasteiger partial charge on any atom is -0.376 e. The van der Waals surface area contributed by atoms with Gasteiger partial charge in [-0.05, 0) is 56.0 Å². The van der Waals surface area contributed by atoms with Crippen LogP contribution in [0.4, 0.5) is 10.5 Å². The molecule has 0 unspecified atom stereocenters. The van der Waals surface area contributed by atoms with Gasteiger partial charge in [0, 0.05) is 29.8 Å². The number of aromatic amines is 1. The molecule has 1 aliphatic rings. The molecule has 2 heterocycles. The van der Waals surface area contributed by atoms with Gasteiger partial charge in [0.2, 0.25) is 0 Å². The fourth-order valence-electron chi connectivity index (χ4n) is 3.92. The molecule has 2 N–H and O–H groups in total. The van der Waals surface area contributed by atoms with E-state index in [1.165, 1.54) is 0 Å². The average molecular weight is 405 g/mol. The van der Waals surface area contributed by atoms with E-state index in [0.29, 0.717) is 18.7 Å². The number of benzene rings is 2. The van der Waals surface area contributed by atoms with Crippen LogP contribution < -0.4 is 10.9 Å². The number of H-pyrrole nitrogens is 1. The van der Waals surface area contributed by atoms with Gasteiger partial charge in [-0.2, -0.15) is 0 Å². The summed E-state index contributed by atoms with van der Waals surface area (Å²) in [7, 11) is 0. The molecule has 0 radical (unpaired) electrons. The van der Waals surface area contributed by atoms with Crippen molar-refractivity contribution in [2.24, 2.45) is 0 Å². The zero-order valence-electron chi connectivity index (χ0n) is 17.4. The fourth-order valence-corrected chi connectivity index (χ4v) is 3.92. The van der Waals surface area contributed by atoms with E-state index in [0.717, 1.165) is 40.6 Å². The molecule has 0 spiro atoms. The van der Waals surface area contributed by atoms with E-state index in [9.17, 15) is 9.59 Å². The Morgan fingerprint density at radius 3 is 2.67 bits per heavy atom. The second kappa shape index (κ2) is 8.71. The number of nitrogens with zero attached hydrogens (tertiary/aromatic N) is 1. The Kier molecular flexibility index (Phi) is 5.86. The van der Waals surface area contributed by atoms with E-state index in [1.807, 2.05) is 62.4 Å². The van der Waals surface area contributed by atoms with Crippen LogP contribution in [0, 0.1) is 13.8 Å². The van der Waals surface area contributed by atoms with Gasteiger partial charge < -0.3 is 19.9 Å². The summed E-state index contributed by atoms with van der Waals surface area (Å²) in [6.45, 7) is 5.39. The summed E-state index contributed by atoms with van der Waals surface area (Å²) in [5, 5.41) is 3.94. The highest BCUT2D eigenvalue weighted by Gasteiger charge is 2.24. The molecule has 1 fully saturated rings. The smallest absolute Gasteiger partial charge is 0.322 e. The van der Waals surface area contributed by atoms with E-state index >= 15 is 0 Å². The lowest BCUT2D eigenvalue weighted by Crippen LogP contribution is -2.40. The van der Waals surface area contributed by atoms with Gasteiger partial charge in [-0.3, -0.25) is 4.79 Å². The largest absolute Gasteiger partial charge is 0.376 e.